The first kappa shape index (κ1) is 14.9. The van der Waals surface area contributed by atoms with E-state index in [-0.39, 0.29) is 11.5 Å². The summed E-state index contributed by atoms with van der Waals surface area (Å²) in [6.45, 7) is 0. The highest BCUT2D eigenvalue weighted by molar-refractivity contribution is 7.80. The number of rotatable bonds is 3. The van der Waals surface area contributed by atoms with Gasteiger partial charge in [-0.05, 0) is 29.9 Å². The minimum Gasteiger partial charge on any atom is -0.376 e. The minimum absolute atomic E-state index is 0.186. The van der Waals surface area contributed by atoms with Crippen LogP contribution >= 0.6 is 12.2 Å². The van der Waals surface area contributed by atoms with Gasteiger partial charge in [-0.3, -0.25) is 9.59 Å². The van der Waals surface area contributed by atoms with E-state index in [2.05, 4.69) is 10.5 Å². The van der Waals surface area contributed by atoms with Crippen LogP contribution in [0.1, 0.15) is 12.0 Å². The van der Waals surface area contributed by atoms with Gasteiger partial charge in [0.25, 0.3) is 5.91 Å². The van der Waals surface area contributed by atoms with Crippen molar-refractivity contribution in [3.63, 3.8) is 0 Å². The molecular formula is C13H15N5O2S. The Morgan fingerprint density at radius 1 is 1.38 bits per heavy atom. The predicted molar refractivity (Wildman–Crippen MR) is 83.6 cm³/mol. The molecule has 1 heterocycles. The van der Waals surface area contributed by atoms with Crippen molar-refractivity contribution in [3.8, 4) is 0 Å². The number of hydrazone groups is 1. The first-order valence-corrected chi connectivity index (χ1v) is 6.60. The van der Waals surface area contributed by atoms with Crippen LogP contribution in [-0.4, -0.2) is 29.7 Å². The lowest BCUT2D eigenvalue weighted by molar-refractivity contribution is -0.133. The highest BCUT2D eigenvalue weighted by Gasteiger charge is 2.30. The number of carbonyl (C=O) groups excluding carboxylic acids is 2. The molecule has 1 aromatic rings. The van der Waals surface area contributed by atoms with E-state index in [1.54, 1.807) is 11.9 Å². The Bertz CT molecular complexity index is 626. The maximum Gasteiger partial charge on any atom is 0.253 e. The standard InChI is InChI=1S/C13H15N5O2S/c1-18(13(15)21)8-4-2-7(3-5-8)10-6-9(11(14)19)12(20)17-16-10/h2-5,9H,6H2,1H3,(H2,14,19)(H2,15,21)(H,17,20). The third-order valence-corrected chi connectivity index (χ3v) is 3.55. The van der Waals surface area contributed by atoms with E-state index < -0.39 is 17.7 Å². The van der Waals surface area contributed by atoms with Gasteiger partial charge in [0.05, 0.1) is 5.71 Å². The van der Waals surface area contributed by atoms with E-state index in [1.165, 1.54) is 0 Å². The Labute approximate surface area is 127 Å². The molecule has 0 fully saturated rings. The summed E-state index contributed by atoms with van der Waals surface area (Å²) in [5, 5.41) is 4.23. The second-order valence-electron chi connectivity index (χ2n) is 4.64. The monoisotopic (exact) mass is 305 g/mol. The van der Waals surface area contributed by atoms with Gasteiger partial charge < -0.3 is 16.4 Å². The van der Waals surface area contributed by atoms with Crippen molar-refractivity contribution in [2.75, 3.05) is 11.9 Å². The maximum absolute atomic E-state index is 11.5. The van der Waals surface area contributed by atoms with Gasteiger partial charge in [-0.25, -0.2) is 5.43 Å². The molecule has 1 atom stereocenters. The van der Waals surface area contributed by atoms with Crippen LogP contribution in [0.2, 0.25) is 0 Å². The Morgan fingerprint density at radius 2 is 2.00 bits per heavy atom. The van der Waals surface area contributed by atoms with Crippen molar-refractivity contribution in [2.24, 2.45) is 22.5 Å². The van der Waals surface area contributed by atoms with Crippen LogP contribution in [0.4, 0.5) is 5.69 Å². The molecule has 5 N–H and O–H groups in total. The van der Waals surface area contributed by atoms with Gasteiger partial charge >= 0.3 is 0 Å². The molecule has 0 aliphatic carbocycles. The fourth-order valence-electron chi connectivity index (χ4n) is 1.95. The van der Waals surface area contributed by atoms with E-state index in [9.17, 15) is 9.59 Å². The van der Waals surface area contributed by atoms with Crippen LogP contribution in [-0.2, 0) is 9.59 Å². The van der Waals surface area contributed by atoms with E-state index in [0.29, 0.717) is 5.71 Å². The summed E-state index contributed by atoms with van der Waals surface area (Å²) in [5.41, 5.74) is 15.3. The topological polar surface area (TPSA) is 114 Å². The summed E-state index contributed by atoms with van der Waals surface area (Å²) in [6, 6.07) is 7.29. The summed E-state index contributed by atoms with van der Waals surface area (Å²) in [5.74, 6) is -2.03. The molecule has 110 valence electrons. The van der Waals surface area contributed by atoms with Crippen LogP contribution in [0.5, 0.6) is 0 Å². The average Bonchev–Trinajstić information content (AvgIpc) is 2.46. The molecule has 7 nitrogen and oxygen atoms in total. The highest BCUT2D eigenvalue weighted by Crippen LogP contribution is 2.19. The number of nitrogens with two attached hydrogens (primary N) is 2. The van der Waals surface area contributed by atoms with Gasteiger partial charge in [-0.15, -0.1) is 0 Å². The lowest BCUT2D eigenvalue weighted by Gasteiger charge is -2.20. The number of nitrogens with zero attached hydrogens (tertiary/aromatic N) is 2. The number of hydrogen-bond donors (Lipinski definition) is 3. The molecule has 0 saturated heterocycles. The molecule has 21 heavy (non-hydrogen) atoms. The Morgan fingerprint density at radius 3 is 2.52 bits per heavy atom. The van der Waals surface area contributed by atoms with Crippen molar-refractivity contribution in [2.45, 2.75) is 6.42 Å². The zero-order chi connectivity index (χ0) is 15.6. The summed E-state index contributed by atoms with van der Waals surface area (Å²) >= 11 is 4.90. The number of nitrogens with one attached hydrogen (secondary N) is 1. The number of thiocarbonyl (C=S) groups is 1. The molecule has 0 radical (unpaired) electrons. The first-order chi connectivity index (χ1) is 9.90. The molecule has 0 aromatic heterocycles. The second kappa shape index (κ2) is 5.88. The molecule has 0 saturated carbocycles. The van der Waals surface area contributed by atoms with E-state index in [0.717, 1.165) is 11.3 Å². The third kappa shape index (κ3) is 3.16. The molecule has 1 aliphatic rings. The number of primary amides is 1. The number of hydrogen-bond acceptors (Lipinski definition) is 4. The van der Waals surface area contributed by atoms with Crippen molar-refractivity contribution in [1.82, 2.24) is 5.43 Å². The lowest BCUT2D eigenvalue weighted by Crippen LogP contribution is -2.42. The second-order valence-corrected chi connectivity index (χ2v) is 5.06. The molecule has 1 aromatic carbocycles. The SMILES string of the molecule is CN(C(N)=S)c1ccc(C2=NNC(=O)C(C(N)=O)C2)cc1. The Kier molecular flexibility index (Phi) is 4.18. The van der Waals surface area contributed by atoms with Gasteiger partial charge in [-0.1, -0.05) is 12.1 Å². The van der Waals surface area contributed by atoms with Gasteiger partial charge in [0.15, 0.2) is 5.11 Å². The molecular weight excluding hydrogens is 290 g/mol. The molecule has 1 unspecified atom stereocenters. The first-order valence-electron chi connectivity index (χ1n) is 6.19. The fraction of sp³-hybridized carbons (Fsp3) is 0.231. The fourth-order valence-corrected chi connectivity index (χ4v) is 2.05. The molecule has 0 bridgehead atoms. The van der Waals surface area contributed by atoms with Gasteiger partial charge in [-0.2, -0.15) is 5.10 Å². The Hall–Kier alpha value is -2.48. The predicted octanol–water partition coefficient (Wildman–Crippen LogP) is -0.308. The van der Waals surface area contributed by atoms with Crippen molar-refractivity contribution in [1.29, 1.82) is 0 Å². The van der Waals surface area contributed by atoms with E-state index in [1.807, 2.05) is 24.3 Å². The van der Waals surface area contributed by atoms with Crippen LogP contribution in [0.15, 0.2) is 29.4 Å². The van der Waals surface area contributed by atoms with Crippen LogP contribution in [0.3, 0.4) is 0 Å². The van der Waals surface area contributed by atoms with Crippen LogP contribution in [0, 0.1) is 5.92 Å². The van der Waals surface area contributed by atoms with Crippen molar-refractivity contribution >= 4 is 40.5 Å². The summed E-state index contributed by atoms with van der Waals surface area (Å²) < 4.78 is 0. The normalized spacial score (nSPS) is 17.7. The molecule has 1 aliphatic heterocycles. The van der Waals surface area contributed by atoms with Crippen molar-refractivity contribution in [3.05, 3.63) is 29.8 Å². The maximum atomic E-state index is 11.5. The van der Waals surface area contributed by atoms with Gasteiger partial charge in [0.1, 0.15) is 5.92 Å². The number of carbonyl (C=O) groups is 2. The summed E-state index contributed by atoms with van der Waals surface area (Å²) in [6.07, 6.45) is 0.186. The molecule has 0 spiro atoms. The summed E-state index contributed by atoms with van der Waals surface area (Å²) in [4.78, 5) is 24.4. The highest BCUT2D eigenvalue weighted by atomic mass is 32.1. The van der Waals surface area contributed by atoms with Crippen LogP contribution in [0.25, 0.3) is 0 Å². The van der Waals surface area contributed by atoms with E-state index >= 15 is 0 Å². The molecule has 2 amide bonds. The largest absolute Gasteiger partial charge is 0.376 e. The summed E-state index contributed by atoms with van der Waals surface area (Å²) in [7, 11) is 1.76. The number of amides is 2. The number of anilines is 1. The Balaban J connectivity index is 2.21. The van der Waals surface area contributed by atoms with Crippen LogP contribution < -0.4 is 21.8 Å². The van der Waals surface area contributed by atoms with Gasteiger partial charge in [0.2, 0.25) is 5.91 Å². The minimum atomic E-state index is -0.892. The lowest BCUT2D eigenvalue weighted by atomic mass is 9.95. The molecule has 2 rings (SSSR count). The number of benzene rings is 1. The smallest absolute Gasteiger partial charge is 0.253 e. The zero-order valence-electron chi connectivity index (χ0n) is 11.4. The van der Waals surface area contributed by atoms with Crippen molar-refractivity contribution < 1.29 is 9.59 Å². The zero-order valence-corrected chi connectivity index (χ0v) is 12.2. The third-order valence-electron chi connectivity index (χ3n) is 3.28. The molecule has 8 heteroatoms. The van der Waals surface area contributed by atoms with Gasteiger partial charge in [0, 0.05) is 19.2 Å². The van der Waals surface area contributed by atoms with E-state index in [4.69, 9.17) is 23.7 Å². The quantitative estimate of drug-likeness (QED) is 0.524. The average molecular weight is 305 g/mol.